The van der Waals surface area contributed by atoms with Gasteiger partial charge in [-0.25, -0.2) is 4.98 Å². The number of hydrogen-bond donors (Lipinski definition) is 1. The van der Waals surface area contributed by atoms with Gasteiger partial charge in [-0.2, -0.15) is 0 Å². The van der Waals surface area contributed by atoms with Crippen LogP contribution in [0, 0.1) is 0 Å². The highest BCUT2D eigenvalue weighted by molar-refractivity contribution is 5.64. The lowest BCUT2D eigenvalue weighted by Crippen LogP contribution is -2.49. The molecule has 2 fully saturated rings. The Bertz CT molecular complexity index is 757. The third-order valence-corrected chi connectivity index (χ3v) is 6.49. The molecular weight excluding hydrogens is 358 g/mol. The SMILES string of the molecule is CC(C)N1CCN(c2ccc(-c3ccc(C(N)N4CCCCC4)cc3)cn2)CC1. The summed E-state index contributed by atoms with van der Waals surface area (Å²) in [4.78, 5) is 12.1. The van der Waals surface area contributed by atoms with E-state index in [1.165, 1.54) is 30.4 Å². The van der Waals surface area contributed by atoms with E-state index in [1.54, 1.807) is 0 Å². The summed E-state index contributed by atoms with van der Waals surface area (Å²) in [6.45, 7) is 11.1. The van der Waals surface area contributed by atoms with Gasteiger partial charge in [-0.3, -0.25) is 9.80 Å². The minimum absolute atomic E-state index is 0.00866. The Kier molecular flexibility index (Phi) is 6.48. The number of nitrogens with zero attached hydrogens (tertiary/aromatic N) is 4. The van der Waals surface area contributed by atoms with Crippen LogP contribution in [0.15, 0.2) is 42.6 Å². The molecule has 0 aliphatic carbocycles. The molecule has 5 heteroatoms. The van der Waals surface area contributed by atoms with Gasteiger partial charge in [0.2, 0.25) is 0 Å². The highest BCUT2D eigenvalue weighted by Gasteiger charge is 2.20. The largest absolute Gasteiger partial charge is 0.354 e. The van der Waals surface area contributed by atoms with E-state index in [-0.39, 0.29) is 6.17 Å². The van der Waals surface area contributed by atoms with E-state index in [1.807, 2.05) is 6.20 Å². The molecule has 1 atom stereocenters. The van der Waals surface area contributed by atoms with Gasteiger partial charge in [0.1, 0.15) is 5.82 Å². The molecular formula is C24H35N5. The molecule has 29 heavy (non-hydrogen) atoms. The number of rotatable bonds is 5. The zero-order valence-electron chi connectivity index (χ0n) is 17.9. The zero-order chi connectivity index (χ0) is 20.2. The molecule has 2 saturated heterocycles. The first kappa shape index (κ1) is 20.3. The third kappa shape index (κ3) is 4.80. The molecule has 0 radical (unpaired) electrons. The predicted molar refractivity (Wildman–Crippen MR) is 121 cm³/mol. The summed E-state index contributed by atoms with van der Waals surface area (Å²) >= 11 is 0. The number of piperidine rings is 1. The van der Waals surface area contributed by atoms with Crippen molar-refractivity contribution in [3.8, 4) is 11.1 Å². The summed E-state index contributed by atoms with van der Waals surface area (Å²) in [5, 5.41) is 0. The number of aromatic nitrogens is 1. The van der Waals surface area contributed by atoms with Gasteiger partial charge >= 0.3 is 0 Å². The minimum atomic E-state index is 0.00866. The standard InChI is InChI=1S/C24H35N5/c1-19(2)27-14-16-28(17-15-27)23-11-10-22(18-26-23)20-6-8-21(9-7-20)24(25)29-12-4-3-5-13-29/h6-11,18-19,24H,3-5,12-17,25H2,1-2H3. The molecule has 2 N–H and O–H groups in total. The van der Waals surface area contributed by atoms with Gasteiger partial charge in [0, 0.05) is 44.0 Å². The second kappa shape index (κ2) is 9.24. The van der Waals surface area contributed by atoms with Crippen LogP contribution in [-0.2, 0) is 0 Å². The lowest BCUT2D eigenvalue weighted by Gasteiger charge is -2.37. The van der Waals surface area contributed by atoms with Crippen molar-refractivity contribution in [2.75, 3.05) is 44.2 Å². The maximum Gasteiger partial charge on any atom is 0.128 e. The van der Waals surface area contributed by atoms with E-state index in [4.69, 9.17) is 10.7 Å². The Morgan fingerprint density at radius 1 is 0.759 bits per heavy atom. The van der Waals surface area contributed by atoms with E-state index in [0.717, 1.165) is 50.6 Å². The third-order valence-electron chi connectivity index (χ3n) is 6.49. The fourth-order valence-electron chi connectivity index (χ4n) is 4.49. The molecule has 1 unspecified atom stereocenters. The smallest absolute Gasteiger partial charge is 0.128 e. The van der Waals surface area contributed by atoms with Crippen molar-refractivity contribution < 1.29 is 0 Å². The quantitative estimate of drug-likeness (QED) is 0.839. The first-order valence-corrected chi connectivity index (χ1v) is 11.2. The molecule has 0 spiro atoms. The molecule has 0 saturated carbocycles. The van der Waals surface area contributed by atoms with Crippen LogP contribution >= 0.6 is 0 Å². The number of nitrogens with two attached hydrogens (primary N) is 1. The molecule has 0 amide bonds. The fraction of sp³-hybridized carbons (Fsp3) is 0.542. The van der Waals surface area contributed by atoms with E-state index >= 15 is 0 Å². The predicted octanol–water partition coefficient (Wildman–Crippen LogP) is 3.72. The minimum Gasteiger partial charge on any atom is -0.354 e. The molecule has 2 aromatic rings. The van der Waals surface area contributed by atoms with Gasteiger partial charge in [0.05, 0.1) is 6.17 Å². The molecule has 2 aliphatic rings. The van der Waals surface area contributed by atoms with Crippen molar-refractivity contribution in [1.29, 1.82) is 0 Å². The Morgan fingerprint density at radius 3 is 2.00 bits per heavy atom. The maximum absolute atomic E-state index is 6.49. The number of pyridine rings is 1. The van der Waals surface area contributed by atoms with Crippen molar-refractivity contribution in [3.63, 3.8) is 0 Å². The number of benzene rings is 1. The number of piperazine rings is 1. The summed E-state index contributed by atoms with van der Waals surface area (Å²) < 4.78 is 0. The van der Waals surface area contributed by atoms with Gasteiger partial charge < -0.3 is 10.6 Å². The molecule has 0 bridgehead atoms. The van der Waals surface area contributed by atoms with Crippen molar-refractivity contribution in [3.05, 3.63) is 48.2 Å². The zero-order valence-corrected chi connectivity index (χ0v) is 17.9. The Balaban J connectivity index is 1.39. The lowest BCUT2D eigenvalue weighted by molar-refractivity contribution is 0.167. The normalized spacial score (nSPS) is 20.2. The summed E-state index contributed by atoms with van der Waals surface area (Å²) in [5.74, 6) is 1.08. The maximum atomic E-state index is 6.49. The Morgan fingerprint density at radius 2 is 1.41 bits per heavy atom. The average Bonchev–Trinajstić information content (AvgIpc) is 2.79. The second-order valence-corrected chi connectivity index (χ2v) is 8.69. The summed E-state index contributed by atoms with van der Waals surface area (Å²) in [6, 6.07) is 13.7. The van der Waals surface area contributed by atoms with Crippen LogP contribution in [0.5, 0.6) is 0 Å². The average molecular weight is 394 g/mol. The molecule has 5 nitrogen and oxygen atoms in total. The molecule has 1 aromatic carbocycles. The monoisotopic (exact) mass is 393 g/mol. The van der Waals surface area contributed by atoms with Gasteiger partial charge in [-0.15, -0.1) is 0 Å². The first-order chi connectivity index (χ1) is 14.1. The van der Waals surface area contributed by atoms with E-state index in [0.29, 0.717) is 6.04 Å². The second-order valence-electron chi connectivity index (χ2n) is 8.69. The van der Waals surface area contributed by atoms with Gasteiger partial charge in [0.25, 0.3) is 0 Å². The molecule has 3 heterocycles. The van der Waals surface area contributed by atoms with Gasteiger partial charge in [-0.1, -0.05) is 30.7 Å². The van der Waals surface area contributed by atoms with E-state index in [9.17, 15) is 0 Å². The number of hydrogen-bond acceptors (Lipinski definition) is 5. The summed E-state index contributed by atoms with van der Waals surface area (Å²) in [6.07, 6.45) is 5.86. The first-order valence-electron chi connectivity index (χ1n) is 11.2. The Labute approximate surface area is 175 Å². The van der Waals surface area contributed by atoms with Gasteiger partial charge in [-0.05, 0) is 63.0 Å². The molecule has 156 valence electrons. The van der Waals surface area contributed by atoms with Crippen LogP contribution in [0.4, 0.5) is 5.82 Å². The lowest BCUT2D eigenvalue weighted by atomic mass is 10.0. The number of anilines is 1. The molecule has 1 aromatic heterocycles. The highest BCUT2D eigenvalue weighted by atomic mass is 15.3. The summed E-state index contributed by atoms with van der Waals surface area (Å²) in [5.41, 5.74) is 10.0. The molecule has 4 rings (SSSR count). The van der Waals surface area contributed by atoms with Crippen molar-refractivity contribution in [2.45, 2.75) is 45.3 Å². The van der Waals surface area contributed by atoms with Crippen molar-refractivity contribution in [2.24, 2.45) is 5.73 Å². The topological polar surface area (TPSA) is 48.6 Å². The van der Waals surface area contributed by atoms with Crippen LogP contribution in [-0.4, -0.2) is 60.1 Å². The van der Waals surface area contributed by atoms with Crippen molar-refractivity contribution >= 4 is 5.82 Å². The van der Waals surface area contributed by atoms with Crippen LogP contribution in [0.3, 0.4) is 0 Å². The molecule has 2 aliphatic heterocycles. The van der Waals surface area contributed by atoms with Gasteiger partial charge in [0.15, 0.2) is 0 Å². The number of likely N-dealkylation sites (tertiary alicyclic amines) is 1. The van der Waals surface area contributed by atoms with Crippen LogP contribution in [0.2, 0.25) is 0 Å². The van der Waals surface area contributed by atoms with Crippen LogP contribution < -0.4 is 10.6 Å². The fourth-order valence-corrected chi connectivity index (χ4v) is 4.49. The van der Waals surface area contributed by atoms with E-state index in [2.05, 4.69) is 64.9 Å². The highest BCUT2D eigenvalue weighted by Crippen LogP contribution is 2.25. The Hall–Kier alpha value is -1.95. The van der Waals surface area contributed by atoms with E-state index < -0.39 is 0 Å². The van der Waals surface area contributed by atoms with Crippen LogP contribution in [0.25, 0.3) is 11.1 Å². The van der Waals surface area contributed by atoms with Crippen molar-refractivity contribution in [1.82, 2.24) is 14.8 Å². The van der Waals surface area contributed by atoms with Crippen LogP contribution in [0.1, 0.15) is 44.8 Å². The summed E-state index contributed by atoms with van der Waals surface area (Å²) in [7, 11) is 0.